The second kappa shape index (κ2) is 9.45. The summed E-state index contributed by atoms with van der Waals surface area (Å²) < 4.78 is 40.5. The maximum Gasteiger partial charge on any atom is 0.435 e. The standard InChI is InChI=1S/C22H26F3N5O/c1-4-6-7-8-15(5-2)20(31)17-10-9-16(21-26-14(3)27-28-21)13-18(17)30-12-11-19(29-30)22(23,24)25/h9-13,15H,4-8H2,1-3H3,(H,26,27,28). The molecule has 1 N–H and O–H groups in total. The van der Waals surface area contributed by atoms with Crippen molar-refractivity contribution in [2.45, 2.75) is 59.1 Å². The van der Waals surface area contributed by atoms with Gasteiger partial charge in [0.05, 0.1) is 5.69 Å². The first-order valence-corrected chi connectivity index (χ1v) is 10.5. The molecule has 1 unspecified atom stereocenters. The van der Waals surface area contributed by atoms with E-state index < -0.39 is 11.9 Å². The smallest absolute Gasteiger partial charge is 0.325 e. The van der Waals surface area contributed by atoms with Gasteiger partial charge in [0, 0.05) is 23.2 Å². The molecule has 166 valence electrons. The molecule has 2 aromatic heterocycles. The minimum atomic E-state index is -4.57. The second-order valence-corrected chi connectivity index (χ2v) is 7.60. The number of rotatable bonds is 9. The average Bonchev–Trinajstić information content (AvgIpc) is 3.40. The number of hydrogen-bond donors (Lipinski definition) is 1. The number of Topliss-reactive ketones (excluding diaryl/α,β-unsaturated/α-hetero) is 1. The Morgan fingerprint density at radius 1 is 1.16 bits per heavy atom. The molecule has 0 aliphatic rings. The monoisotopic (exact) mass is 433 g/mol. The van der Waals surface area contributed by atoms with Crippen LogP contribution >= 0.6 is 0 Å². The number of nitrogens with zero attached hydrogens (tertiary/aromatic N) is 4. The molecule has 0 spiro atoms. The number of ketones is 1. The number of aromatic nitrogens is 5. The lowest BCUT2D eigenvalue weighted by atomic mass is 9.89. The van der Waals surface area contributed by atoms with Crippen molar-refractivity contribution in [3.8, 4) is 17.1 Å². The lowest BCUT2D eigenvalue weighted by Crippen LogP contribution is -2.17. The lowest BCUT2D eigenvalue weighted by Gasteiger charge is -2.17. The number of aryl methyl sites for hydroxylation is 1. The summed E-state index contributed by atoms with van der Waals surface area (Å²) in [6.45, 7) is 5.80. The van der Waals surface area contributed by atoms with E-state index in [0.29, 0.717) is 34.9 Å². The number of alkyl halides is 3. The van der Waals surface area contributed by atoms with Crippen LogP contribution in [0, 0.1) is 12.8 Å². The number of nitrogens with one attached hydrogen (secondary N) is 1. The van der Waals surface area contributed by atoms with E-state index in [0.717, 1.165) is 36.4 Å². The summed E-state index contributed by atoms with van der Waals surface area (Å²) in [5.41, 5.74) is 0.234. The van der Waals surface area contributed by atoms with Gasteiger partial charge in [-0.15, -0.1) is 10.2 Å². The first-order valence-electron chi connectivity index (χ1n) is 10.5. The van der Waals surface area contributed by atoms with Gasteiger partial charge in [0.2, 0.25) is 0 Å². The van der Waals surface area contributed by atoms with E-state index in [1.807, 2.05) is 6.92 Å². The van der Waals surface area contributed by atoms with Crippen molar-refractivity contribution in [3.63, 3.8) is 0 Å². The third-order valence-electron chi connectivity index (χ3n) is 5.28. The van der Waals surface area contributed by atoms with Crippen LogP contribution in [-0.2, 0) is 6.18 Å². The van der Waals surface area contributed by atoms with Gasteiger partial charge in [-0.25, -0.2) is 4.68 Å². The van der Waals surface area contributed by atoms with Crippen LogP contribution in [0.15, 0.2) is 30.5 Å². The topological polar surface area (TPSA) is 76.5 Å². The molecule has 2 heterocycles. The maximum atomic E-state index is 13.3. The molecule has 0 saturated heterocycles. The Kier molecular flexibility index (Phi) is 6.92. The molecule has 1 aromatic carbocycles. The fourth-order valence-electron chi connectivity index (χ4n) is 3.54. The van der Waals surface area contributed by atoms with Crippen LogP contribution in [0.5, 0.6) is 0 Å². The molecule has 0 amide bonds. The minimum Gasteiger partial charge on any atom is -0.325 e. The molecular formula is C22H26F3N5O. The van der Waals surface area contributed by atoms with Crippen LogP contribution < -0.4 is 0 Å². The van der Waals surface area contributed by atoms with Gasteiger partial charge < -0.3 is 4.98 Å². The molecule has 0 bridgehead atoms. The van der Waals surface area contributed by atoms with E-state index in [9.17, 15) is 18.0 Å². The van der Waals surface area contributed by atoms with Gasteiger partial charge in [-0.1, -0.05) is 39.2 Å². The quantitative estimate of drug-likeness (QED) is 0.343. The van der Waals surface area contributed by atoms with E-state index >= 15 is 0 Å². The van der Waals surface area contributed by atoms with Crippen molar-refractivity contribution in [2.24, 2.45) is 5.92 Å². The van der Waals surface area contributed by atoms with Crippen molar-refractivity contribution >= 4 is 5.78 Å². The van der Waals surface area contributed by atoms with Crippen molar-refractivity contribution in [1.29, 1.82) is 0 Å². The van der Waals surface area contributed by atoms with E-state index in [-0.39, 0.29) is 11.7 Å². The summed E-state index contributed by atoms with van der Waals surface area (Å²) >= 11 is 0. The summed E-state index contributed by atoms with van der Waals surface area (Å²) in [7, 11) is 0. The van der Waals surface area contributed by atoms with Crippen molar-refractivity contribution in [3.05, 3.63) is 47.5 Å². The Balaban J connectivity index is 2.05. The molecule has 31 heavy (non-hydrogen) atoms. The van der Waals surface area contributed by atoms with Crippen molar-refractivity contribution in [2.75, 3.05) is 0 Å². The predicted molar refractivity (Wildman–Crippen MR) is 111 cm³/mol. The first kappa shape index (κ1) is 22.7. The highest BCUT2D eigenvalue weighted by molar-refractivity contribution is 6.01. The average molecular weight is 433 g/mol. The summed E-state index contributed by atoms with van der Waals surface area (Å²) in [5, 5.41) is 11.7. The zero-order valence-corrected chi connectivity index (χ0v) is 17.8. The molecule has 1 atom stereocenters. The number of aromatic amines is 1. The molecule has 3 rings (SSSR count). The predicted octanol–water partition coefficient (Wildman–Crippen LogP) is 5.77. The zero-order chi connectivity index (χ0) is 22.6. The fraction of sp³-hybridized carbons (Fsp3) is 0.455. The van der Waals surface area contributed by atoms with Crippen LogP contribution in [0.1, 0.15) is 67.8 Å². The Hall–Kier alpha value is -2.97. The minimum absolute atomic E-state index is 0.0852. The van der Waals surface area contributed by atoms with E-state index in [1.54, 1.807) is 25.1 Å². The Bertz CT molecular complexity index is 1040. The Labute approximate surface area is 178 Å². The number of hydrogen-bond acceptors (Lipinski definition) is 4. The number of carbonyl (C=O) groups excluding carboxylic acids is 1. The number of halogens is 3. The van der Waals surface area contributed by atoms with E-state index in [1.165, 1.54) is 6.20 Å². The third-order valence-corrected chi connectivity index (χ3v) is 5.28. The Morgan fingerprint density at radius 3 is 2.52 bits per heavy atom. The van der Waals surface area contributed by atoms with Gasteiger partial charge in [-0.2, -0.15) is 18.3 Å². The highest BCUT2D eigenvalue weighted by atomic mass is 19.4. The van der Waals surface area contributed by atoms with Crippen LogP contribution in [-0.4, -0.2) is 30.7 Å². The van der Waals surface area contributed by atoms with Crippen molar-refractivity contribution < 1.29 is 18.0 Å². The van der Waals surface area contributed by atoms with Crippen LogP contribution in [0.25, 0.3) is 17.1 Å². The first-order chi connectivity index (χ1) is 14.7. The highest BCUT2D eigenvalue weighted by Gasteiger charge is 2.34. The van der Waals surface area contributed by atoms with Gasteiger partial charge in [0.1, 0.15) is 5.82 Å². The summed E-state index contributed by atoms with van der Waals surface area (Å²) in [5.74, 6) is 0.798. The largest absolute Gasteiger partial charge is 0.435 e. The molecule has 0 aliphatic carbocycles. The molecule has 0 saturated carbocycles. The van der Waals surface area contributed by atoms with Gasteiger partial charge >= 0.3 is 6.18 Å². The molecule has 9 heteroatoms. The summed E-state index contributed by atoms with van der Waals surface area (Å²) in [4.78, 5) is 16.3. The van der Waals surface area contributed by atoms with Gasteiger partial charge in [0.25, 0.3) is 0 Å². The number of benzene rings is 1. The van der Waals surface area contributed by atoms with Gasteiger partial charge in [-0.3, -0.25) is 4.79 Å². The van der Waals surface area contributed by atoms with E-state index in [4.69, 9.17) is 0 Å². The number of unbranched alkanes of at least 4 members (excludes halogenated alkanes) is 2. The normalized spacial score (nSPS) is 12.8. The molecular weight excluding hydrogens is 407 g/mol. The second-order valence-electron chi connectivity index (χ2n) is 7.60. The third kappa shape index (κ3) is 5.21. The van der Waals surface area contributed by atoms with Crippen LogP contribution in [0.4, 0.5) is 13.2 Å². The SMILES string of the molecule is CCCCCC(CC)C(=O)c1ccc(-c2nnc(C)[nH]2)cc1-n1ccc(C(F)(F)F)n1. The zero-order valence-electron chi connectivity index (χ0n) is 17.8. The molecule has 0 fully saturated rings. The highest BCUT2D eigenvalue weighted by Crippen LogP contribution is 2.31. The fourth-order valence-corrected chi connectivity index (χ4v) is 3.54. The number of H-pyrrole nitrogens is 1. The maximum absolute atomic E-state index is 13.3. The molecule has 3 aromatic rings. The molecule has 6 nitrogen and oxygen atoms in total. The molecule has 0 radical (unpaired) electrons. The van der Waals surface area contributed by atoms with Gasteiger partial charge in [0.15, 0.2) is 17.3 Å². The van der Waals surface area contributed by atoms with Gasteiger partial charge in [-0.05, 0) is 38.0 Å². The Morgan fingerprint density at radius 2 is 1.94 bits per heavy atom. The molecule has 0 aliphatic heterocycles. The number of carbonyl (C=O) groups is 1. The summed E-state index contributed by atoms with van der Waals surface area (Å²) in [6.07, 6.45) is 1.09. The van der Waals surface area contributed by atoms with Crippen LogP contribution in [0.2, 0.25) is 0 Å². The van der Waals surface area contributed by atoms with E-state index in [2.05, 4.69) is 27.2 Å². The van der Waals surface area contributed by atoms with Crippen molar-refractivity contribution in [1.82, 2.24) is 25.0 Å². The lowest BCUT2D eigenvalue weighted by molar-refractivity contribution is -0.141. The summed E-state index contributed by atoms with van der Waals surface area (Å²) in [6, 6.07) is 5.89. The van der Waals surface area contributed by atoms with Crippen LogP contribution in [0.3, 0.4) is 0 Å².